The highest BCUT2D eigenvalue weighted by Gasteiger charge is 2.18. The fraction of sp³-hybridized carbons (Fsp3) is 0. The zero-order chi connectivity index (χ0) is 11.7. The van der Waals surface area contributed by atoms with E-state index in [1.807, 2.05) is 12.1 Å². The first kappa shape index (κ1) is 10.1. The van der Waals surface area contributed by atoms with Gasteiger partial charge < -0.3 is 0 Å². The van der Waals surface area contributed by atoms with Crippen LogP contribution >= 0.6 is 10.5 Å². The average molecular weight is 235 g/mol. The Hall–Kier alpha value is -2.04. The minimum absolute atomic E-state index is 0.000108. The van der Waals surface area contributed by atoms with Crippen molar-refractivity contribution in [3.63, 3.8) is 0 Å². The molecule has 0 fully saturated rings. The van der Waals surface area contributed by atoms with Gasteiger partial charge in [0.1, 0.15) is 0 Å². The van der Waals surface area contributed by atoms with E-state index in [2.05, 4.69) is 53.8 Å². The monoisotopic (exact) mass is 235 g/mol. The molecule has 1 unspecified atom stereocenters. The van der Waals surface area contributed by atoms with E-state index in [0.29, 0.717) is 0 Å². The van der Waals surface area contributed by atoms with Crippen LogP contribution in [0.3, 0.4) is 0 Å². The second kappa shape index (κ2) is 4.08. The van der Waals surface area contributed by atoms with Crippen molar-refractivity contribution in [2.45, 2.75) is 0 Å². The Morgan fingerprint density at radius 2 is 1.59 bits per heavy atom. The SMILES string of the molecule is C#Cc1c[s+](-c2ccccc2)c2ccccc12. The van der Waals surface area contributed by atoms with E-state index in [0.717, 1.165) is 5.56 Å². The van der Waals surface area contributed by atoms with Gasteiger partial charge >= 0.3 is 0 Å². The van der Waals surface area contributed by atoms with Gasteiger partial charge in [-0.05, 0) is 24.3 Å². The van der Waals surface area contributed by atoms with Crippen LogP contribution in [-0.2, 0) is 0 Å². The largest absolute Gasteiger partial charge is 0.187 e. The van der Waals surface area contributed by atoms with E-state index >= 15 is 0 Å². The molecular weight excluding hydrogens is 224 g/mol. The third-order valence-electron chi connectivity index (χ3n) is 2.80. The van der Waals surface area contributed by atoms with E-state index in [1.165, 1.54) is 15.0 Å². The molecule has 0 spiro atoms. The van der Waals surface area contributed by atoms with E-state index < -0.39 is 0 Å². The van der Waals surface area contributed by atoms with Crippen LogP contribution in [0.2, 0.25) is 0 Å². The molecule has 0 aliphatic heterocycles. The Labute approximate surface area is 104 Å². The van der Waals surface area contributed by atoms with Crippen LogP contribution in [0.25, 0.3) is 15.0 Å². The topological polar surface area (TPSA) is 0 Å². The number of rotatable bonds is 1. The summed E-state index contributed by atoms with van der Waals surface area (Å²) in [5.74, 6) is 2.79. The maximum absolute atomic E-state index is 5.58. The summed E-state index contributed by atoms with van der Waals surface area (Å²) in [4.78, 5) is 1.32. The number of benzene rings is 2. The smallest absolute Gasteiger partial charge is 0.114 e. The first-order valence-corrected chi connectivity index (χ1v) is 6.75. The normalized spacial score (nSPS) is 11.4. The molecule has 0 aliphatic carbocycles. The van der Waals surface area contributed by atoms with Crippen molar-refractivity contribution in [2.24, 2.45) is 0 Å². The lowest BCUT2D eigenvalue weighted by Crippen LogP contribution is -1.67. The van der Waals surface area contributed by atoms with E-state index in [-0.39, 0.29) is 10.5 Å². The summed E-state index contributed by atoms with van der Waals surface area (Å²) in [6, 6.07) is 18.9. The maximum atomic E-state index is 5.58. The van der Waals surface area contributed by atoms with Gasteiger partial charge in [0.15, 0.2) is 15.0 Å². The van der Waals surface area contributed by atoms with E-state index in [9.17, 15) is 0 Å². The number of thiophene rings is 1. The summed E-state index contributed by atoms with van der Waals surface area (Å²) in [5.41, 5.74) is 1.02. The second-order valence-electron chi connectivity index (χ2n) is 3.82. The van der Waals surface area contributed by atoms with Crippen molar-refractivity contribution in [1.82, 2.24) is 0 Å². The van der Waals surface area contributed by atoms with Crippen LogP contribution in [0, 0.1) is 12.3 Å². The van der Waals surface area contributed by atoms with E-state index in [1.54, 1.807) is 0 Å². The molecule has 0 N–H and O–H groups in total. The summed E-state index contributed by atoms with van der Waals surface area (Å²) in [5, 5.41) is 3.42. The first-order valence-electron chi connectivity index (χ1n) is 5.46. The van der Waals surface area contributed by atoms with Gasteiger partial charge in [0.2, 0.25) is 0 Å². The first-order chi connectivity index (χ1) is 8.40. The van der Waals surface area contributed by atoms with Crippen LogP contribution in [0.1, 0.15) is 5.56 Å². The molecule has 1 aromatic heterocycles. The van der Waals surface area contributed by atoms with Gasteiger partial charge in [-0.3, -0.25) is 0 Å². The Morgan fingerprint density at radius 1 is 0.882 bits per heavy atom. The second-order valence-corrected chi connectivity index (χ2v) is 5.65. The van der Waals surface area contributed by atoms with Crippen molar-refractivity contribution < 1.29 is 0 Å². The molecule has 3 rings (SSSR count). The van der Waals surface area contributed by atoms with Crippen molar-refractivity contribution in [3.05, 3.63) is 65.5 Å². The predicted octanol–water partition coefficient (Wildman–Crippen LogP) is 4.56. The van der Waals surface area contributed by atoms with Crippen LogP contribution in [0.5, 0.6) is 0 Å². The Balaban J connectivity index is 2.35. The molecule has 2 aromatic carbocycles. The van der Waals surface area contributed by atoms with Gasteiger partial charge in [-0.25, -0.2) is 0 Å². The molecule has 0 amide bonds. The summed E-state index contributed by atoms with van der Waals surface area (Å²) in [6.07, 6.45) is 5.58. The van der Waals surface area contributed by atoms with Crippen molar-refractivity contribution in [1.29, 1.82) is 0 Å². The molecule has 0 nitrogen and oxygen atoms in total. The predicted molar refractivity (Wildman–Crippen MR) is 75.7 cm³/mol. The Bertz CT molecular complexity index is 699. The lowest BCUT2D eigenvalue weighted by molar-refractivity contribution is 1.76. The summed E-state index contributed by atoms with van der Waals surface area (Å²) < 4.78 is 1.34. The maximum Gasteiger partial charge on any atom is 0.187 e. The fourth-order valence-electron chi connectivity index (χ4n) is 2.00. The van der Waals surface area contributed by atoms with Gasteiger partial charge in [0.05, 0.1) is 10.9 Å². The Morgan fingerprint density at radius 3 is 2.35 bits per heavy atom. The number of hydrogen-bond acceptors (Lipinski definition) is 0. The minimum Gasteiger partial charge on any atom is -0.114 e. The molecule has 0 bridgehead atoms. The van der Waals surface area contributed by atoms with Gasteiger partial charge in [-0.15, -0.1) is 6.42 Å². The molecule has 1 atom stereocenters. The third-order valence-corrected chi connectivity index (χ3v) is 4.88. The average Bonchev–Trinajstić information content (AvgIpc) is 2.78. The standard InChI is InChI=1S/C16H11S/c1-2-13-12-17(14-8-4-3-5-9-14)16-11-7-6-10-15(13)16/h1,3-12H/q+1. The minimum atomic E-state index is -0.000108. The lowest BCUT2D eigenvalue weighted by atomic mass is 10.2. The van der Waals surface area contributed by atoms with Crippen LogP contribution < -0.4 is 0 Å². The molecule has 3 aromatic rings. The fourth-order valence-corrected chi connectivity index (χ4v) is 4.04. The zero-order valence-corrected chi connectivity index (χ0v) is 10.1. The lowest BCUT2D eigenvalue weighted by Gasteiger charge is -1.89. The van der Waals surface area contributed by atoms with Crippen molar-refractivity contribution in [2.75, 3.05) is 0 Å². The quantitative estimate of drug-likeness (QED) is 0.428. The molecule has 1 heteroatoms. The molecule has 17 heavy (non-hydrogen) atoms. The van der Waals surface area contributed by atoms with Gasteiger partial charge in [0, 0.05) is 10.5 Å². The highest BCUT2D eigenvalue weighted by Crippen LogP contribution is 2.41. The number of fused-ring (bicyclic) bond motifs is 1. The Kier molecular flexibility index (Phi) is 2.44. The van der Waals surface area contributed by atoms with Crippen LogP contribution in [0.15, 0.2) is 60.0 Å². The molecule has 0 saturated heterocycles. The summed E-state index contributed by atoms with van der Waals surface area (Å²) >= 11 is 0. The van der Waals surface area contributed by atoms with Crippen LogP contribution in [0.4, 0.5) is 0 Å². The number of terminal acetylenes is 1. The molecule has 0 aliphatic rings. The highest BCUT2D eigenvalue weighted by atomic mass is 32.2. The molecule has 0 saturated carbocycles. The van der Waals surface area contributed by atoms with Gasteiger partial charge in [0.25, 0.3) is 0 Å². The van der Waals surface area contributed by atoms with Crippen molar-refractivity contribution in [3.8, 4) is 17.2 Å². The number of hydrogen-bond donors (Lipinski definition) is 0. The van der Waals surface area contributed by atoms with Crippen LogP contribution in [-0.4, -0.2) is 0 Å². The van der Waals surface area contributed by atoms with Crippen molar-refractivity contribution >= 4 is 20.6 Å². The molecule has 80 valence electrons. The molecular formula is C16H11S+. The van der Waals surface area contributed by atoms with Gasteiger partial charge in [-0.1, -0.05) is 36.3 Å². The zero-order valence-electron chi connectivity index (χ0n) is 9.26. The molecule has 0 radical (unpaired) electrons. The summed E-state index contributed by atoms with van der Waals surface area (Å²) in [7, 11) is -0.000108. The van der Waals surface area contributed by atoms with E-state index in [4.69, 9.17) is 6.42 Å². The van der Waals surface area contributed by atoms with Gasteiger partial charge in [-0.2, -0.15) is 0 Å². The molecule has 1 heterocycles. The third kappa shape index (κ3) is 1.63. The highest BCUT2D eigenvalue weighted by molar-refractivity contribution is 7.43. The summed E-state index contributed by atoms with van der Waals surface area (Å²) in [6.45, 7) is 0.